The van der Waals surface area contributed by atoms with Crippen LogP contribution in [0, 0.1) is 5.41 Å². The van der Waals surface area contributed by atoms with Crippen LogP contribution in [0.4, 0.5) is 11.6 Å². The summed E-state index contributed by atoms with van der Waals surface area (Å²) in [6, 6.07) is 1.68. The Balaban J connectivity index is 1.43. The standard InChI is InChI=1S/C17H19Cl2N5OS/c18-15-11(7-12(20)23-16(15)19)26-14-9-21-13(8-22-14)24-4-1-17(2-5-24)3-6-25-10-17/h7-9H,1-6,10H2,(H2,20,23). The number of piperidine rings is 1. The maximum atomic E-state index is 6.19. The summed E-state index contributed by atoms with van der Waals surface area (Å²) in [5.41, 5.74) is 6.12. The van der Waals surface area contributed by atoms with Gasteiger partial charge in [0.1, 0.15) is 16.7 Å². The van der Waals surface area contributed by atoms with E-state index in [1.165, 1.54) is 18.2 Å². The van der Waals surface area contributed by atoms with Crippen LogP contribution in [-0.4, -0.2) is 41.3 Å². The molecule has 2 aromatic heterocycles. The lowest BCUT2D eigenvalue weighted by molar-refractivity contribution is 0.133. The van der Waals surface area contributed by atoms with Crippen LogP contribution in [-0.2, 0) is 4.74 Å². The van der Waals surface area contributed by atoms with Gasteiger partial charge in [-0.1, -0.05) is 35.0 Å². The lowest BCUT2D eigenvalue weighted by atomic mass is 9.78. The first-order valence-electron chi connectivity index (χ1n) is 8.49. The quantitative estimate of drug-likeness (QED) is 0.766. The van der Waals surface area contributed by atoms with E-state index in [4.69, 9.17) is 33.7 Å². The highest BCUT2D eigenvalue weighted by Crippen LogP contribution is 2.40. The molecule has 0 bridgehead atoms. The minimum absolute atomic E-state index is 0.192. The Hall–Kier alpha value is -1.28. The topological polar surface area (TPSA) is 77.2 Å². The van der Waals surface area contributed by atoms with Crippen LogP contribution in [0.2, 0.25) is 10.2 Å². The zero-order chi connectivity index (χ0) is 18.1. The van der Waals surface area contributed by atoms with Crippen molar-refractivity contribution in [3.8, 4) is 0 Å². The van der Waals surface area contributed by atoms with Crippen molar-refractivity contribution in [2.24, 2.45) is 5.41 Å². The Morgan fingerprint density at radius 3 is 2.62 bits per heavy atom. The first-order chi connectivity index (χ1) is 12.5. The molecule has 0 amide bonds. The van der Waals surface area contributed by atoms with Gasteiger partial charge in [0.15, 0.2) is 5.15 Å². The summed E-state index contributed by atoms with van der Waals surface area (Å²) in [6.07, 6.45) is 7.04. The second kappa shape index (κ2) is 7.38. The second-order valence-corrected chi connectivity index (χ2v) is 8.55. The number of aromatic nitrogens is 3. The molecule has 4 rings (SSSR count). The van der Waals surface area contributed by atoms with Crippen molar-refractivity contribution in [3.05, 3.63) is 28.6 Å². The number of halogens is 2. The first-order valence-corrected chi connectivity index (χ1v) is 10.1. The minimum atomic E-state index is 0.192. The monoisotopic (exact) mass is 411 g/mol. The van der Waals surface area contributed by atoms with Gasteiger partial charge in [-0.3, -0.25) is 0 Å². The molecule has 2 saturated heterocycles. The number of nitrogen functional groups attached to an aromatic ring is 1. The molecule has 0 aromatic carbocycles. The predicted molar refractivity (Wildman–Crippen MR) is 104 cm³/mol. The van der Waals surface area contributed by atoms with E-state index in [-0.39, 0.29) is 5.15 Å². The largest absolute Gasteiger partial charge is 0.384 e. The van der Waals surface area contributed by atoms with Gasteiger partial charge in [0.2, 0.25) is 0 Å². The van der Waals surface area contributed by atoms with E-state index in [0.29, 0.717) is 21.2 Å². The molecule has 0 atom stereocenters. The van der Waals surface area contributed by atoms with E-state index in [2.05, 4.69) is 19.9 Å². The third kappa shape index (κ3) is 3.71. The third-order valence-corrected chi connectivity index (χ3v) is 6.89. The molecule has 6 nitrogen and oxygen atoms in total. The maximum absolute atomic E-state index is 6.19. The summed E-state index contributed by atoms with van der Waals surface area (Å²) in [7, 11) is 0. The van der Waals surface area contributed by atoms with E-state index >= 15 is 0 Å². The molecule has 0 saturated carbocycles. The van der Waals surface area contributed by atoms with Crippen LogP contribution in [0.3, 0.4) is 0 Å². The van der Waals surface area contributed by atoms with E-state index in [1.807, 2.05) is 6.20 Å². The number of anilines is 2. The van der Waals surface area contributed by atoms with E-state index < -0.39 is 0 Å². The second-order valence-electron chi connectivity index (χ2n) is 6.75. The summed E-state index contributed by atoms with van der Waals surface area (Å²) >= 11 is 13.5. The molecule has 2 aromatic rings. The van der Waals surface area contributed by atoms with Crippen molar-refractivity contribution < 1.29 is 4.74 Å². The van der Waals surface area contributed by atoms with E-state index in [0.717, 1.165) is 50.0 Å². The number of nitrogens with two attached hydrogens (primary N) is 1. The van der Waals surface area contributed by atoms with Crippen LogP contribution >= 0.6 is 35.0 Å². The predicted octanol–water partition coefficient (Wildman–Crippen LogP) is 3.92. The van der Waals surface area contributed by atoms with Gasteiger partial charge in [-0.2, -0.15) is 0 Å². The molecular formula is C17H19Cl2N5OS. The Morgan fingerprint density at radius 2 is 1.96 bits per heavy atom. The fraction of sp³-hybridized carbons (Fsp3) is 0.471. The molecule has 0 aliphatic carbocycles. The lowest BCUT2D eigenvalue weighted by Crippen LogP contribution is -2.40. The molecule has 0 radical (unpaired) electrons. The normalized spacial score (nSPS) is 19.2. The molecular weight excluding hydrogens is 393 g/mol. The summed E-state index contributed by atoms with van der Waals surface area (Å²) in [4.78, 5) is 16.0. The number of hydrogen-bond donors (Lipinski definition) is 1. The molecule has 9 heteroatoms. The van der Waals surface area contributed by atoms with Crippen molar-refractivity contribution in [3.63, 3.8) is 0 Å². The zero-order valence-electron chi connectivity index (χ0n) is 14.1. The summed E-state index contributed by atoms with van der Waals surface area (Å²) in [6.45, 7) is 3.79. The molecule has 1 spiro atoms. The molecule has 2 aliphatic rings. The van der Waals surface area contributed by atoms with Crippen molar-refractivity contribution in [2.45, 2.75) is 29.2 Å². The summed E-state index contributed by atoms with van der Waals surface area (Å²) in [5.74, 6) is 1.23. The molecule has 138 valence electrons. The van der Waals surface area contributed by atoms with E-state index in [9.17, 15) is 0 Å². The molecule has 2 N–H and O–H groups in total. The number of rotatable bonds is 3. The van der Waals surface area contributed by atoms with Gasteiger partial charge in [0, 0.05) is 24.6 Å². The SMILES string of the molecule is Nc1cc(Sc2cnc(N3CCC4(CCOC4)CC3)cn2)c(Cl)c(Cl)n1. The fourth-order valence-electron chi connectivity index (χ4n) is 3.46. The molecule has 0 unspecified atom stereocenters. The number of nitrogens with zero attached hydrogens (tertiary/aromatic N) is 4. The van der Waals surface area contributed by atoms with Gasteiger partial charge in [-0.25, -0.2) is 15.0 Å². The Kier molecular flexibility index (Phi) is 5.14. The van der Waals surface area contributed by atoms with Crippen LogP contribution in [0.25, 0.3) is 0 Å². The molecule has 2 fully saturated rings. The van der Waals surface area contributed by atoms with E-state index in [1.54, 1.807) is 12.3 Å². The van der Waals surface area contributed by atoms with Crippen LogP contribution in [0.5, 0.6) is 0 Å². The Morgan fingerprint density at radius 1 is 1.15 bits per heavy atom. The maximum Gasteiger partial charge on any atom is 0.151 e. The highest BCUT2D eigenvalue weighted by molar-refractivity contribution is 7.99. The highest BCUT2D eigenvalue weighted by atomic mass is 35.5. The molecule has 4 heterocycles. The highest BCUT2D eigenvalue weighted by Gasteiger charge is 2.38. The number of ether oxygens (including phenoxy) is 1. The fourth-order valence-corrected chi connectivity index (χ4v) is 4.73. The smallest absolute Gasteiger partial charge is 0.151 e. The Labute approximate surface area is 166 Å². The van der Waals surface area contributed by atoms with Gasteiger partial charge in [-0.05, 0) is 30.7 Å². The average molecular weight is 412 g/mol. The molecule has 26 heavy (non-hydrogen) atoms. The third-order valence-electron chi connectivity index (χ3n) is 5.07. The van der Waals surface area contributed by atoms with Gasteiger partial charge in [0.05, 0.1) is 24.0 Å². The van der Waals surface area contributed by atoms with Gasteiger partial charge in [0.25, 0.3) is 0 Å². The van der Waals surface area contributed by atoms with Crippen LogP contribution in [0.1, 0.15) is 19.3 Å². The van der Waals surface area contributed by atoms with Gasteiger partial charge in [-0.15, -0.1) is 0 Å². The zero-order valence-corrected chi connectivity index (χ0v) is 16.4. The van der Waals surface area contributed by atoms with Crippen molar-refractivity contribution in [1.29, 1.82) is 0 Å². The number of hydrogen-bond acceptors (Lipinski definition) is 7. The average Bonchev–Trinajstić information content (AvgIpc) is 3.09. The lowest BCUT2D eigenvalue weighted by Gasteiger charge is -2.38. The summed E-state index contributed by atoms with van der Waals surface area (Å²) in [5, 5.41) is 1.30. The van der Waals surface area contributed by atoms with Crippen molar-refractivity contribution in [1.82, 2.24) is 15.0 Å². The van der Waals surface area contributed by atoms with Crippen molar-refractivity contribution in [2.75, 3.05) is 36.9 Å². The van der Waals surface area contributed by atoms with Crippen molar-refractivity contribution >= 4 is 46.6 Å². The molecule has 2 aliphatic heterocycles. The summed E-state index contributed by atoms with van der Waals surface area (Å²) < 4.78 is 5.59. The Bertz CT molecular complexity index is 788. The minimum Gasteiger partial charge on any atom is -0.384 e. The first kappa shape index (κ1) is 18.1. The van der Waals surface area contributed by atoms with Gasteiger partial charge >= 0.3 is 0 Å². The van der Waals surface area contributed by atoms with Crippen LogP contribution < -0.4 is 10.6 Å². The van der Waals surface area contributed by atoms with Crippen LogP contribution in [0.15, 0.2) is 28.4 Å². The van der Waals surface area contributed by atoms with Gasteiger partial charge < -0.3 is 15.4 Å². The number of pyridine rings is 1.